The van der Waals surface area contributed by atoms with Crippen LogP contribution in [0.2, 0.25) is 0 Å². The lowest BCUT2D eigenvalue weighted by atomic mass is 10.0. The topological polar surface area (TPSA) is 76.3 Å². The number of aromatic nitrogens is 2. The molecule has 29 heavy (non-hydrogen) atoms. The Morgan fingerprint density at radius 2 is 1.69 bits per heavy atom. The number of sulfonamides is 1. The third kappa shape index (κ3) is 5.31. The zero-order chi connectivity index (χ0) is 21.0. The van der Waals surface area contributed by atoms with E-state index in [4.69, 9.17) is 4.52 Å². The van der Waals surface area contributed by atoms with Gasteiger partial charge >= 0.3 is 0 Å². The number of hydrogen-bond acceptors (Lipinski definition) is 5. The second kappa shape index (κ2) is 8.88. The molecule has 0 atom stereocenters. The van der Waals surface area contributed by atoms with E-state index < -0.39 is 10.0 Å². The minimum absolute atomic E-state index is 0.267. The van der Waals surface area contributed by atoms with Crippen molar-refractivity contribution in [3.05, 3.63) is 65.5 Å². The van der Waals surface area contributed by atoms with E-state index >= 15 is 0 Å². The Kier molecular flexibility index (Phi) is 6.49. The molecule has 6 nitrogen and oxygen atoms in total. The van der Waals surface area contributed by atoms with Gasteiger partial charge in [-0.15, -0.1) is 0 Å². The van der Waals surface area contributed by atoms with Gasteiger partial charge < -0.3 is 4.52 Å². The van der Waals surface area contributed by atoms with E-state index in [2.05, 4.69) is 24.0 Å². The summed E-state index contributed by atoms with van der Waals surface area (Å²) in [5.41, 5.74) is 3.13. The molecule has 0 unspecified atom stereocenters. The van der Waals surface area contributed by atoms with Crippen LogP contribution in [-0.4, -0.2) is 36.5 Å². The summed E-state index contributed by atoms with van der Waals surface area (Å²) in [6.45, 7) is 6.56. The Hall–Kier alpha value is -2.51. The molecule has 1 heterocycles. The van der Waals surface area contributed by atoms with E-state index in [1.807, 2.05) is 43.3 Å². The monoisotopic (exact) mass is 413 g/mol. The summed E-state index contributed by atoms with van der Waals surface area (Å²) in [5, 5.41) is 3.97. The summed E-state index contributed by atoms with van der Waals surface area (Å²) in [4.78, 5) is 4.67. The summed E-state index contributed by atoms with van der Waals surface area (Å²) >= 11 is 0. The Morgan fingerprint density at radius 3 is 2.31 bits per heavy atom. The van der Waals surface area contributed by atoms with Gasteiger partial charge in [-0.1, -0.05) is 48.8 Å². The van der Waals surface area contributed by atoms with Gasteiger partial charge in [0, 0.05) is 25.6 Å². The first kappa shape index (κ1) is 21.2. The maximum absolute atomic E-state index is 12.8. The summed E-state index contributed by atoms with van der Waals surface area (Å²) in [7, 11) is -1.99. The van der Waals surface area contributed by atoms with E-state index in [0.717, 1.165) is 23.1 Å². The molecule has 154 valence electrons. The van der Waals surface area contributed by atoms with Gasteiger partial charge in [0.25, 0.3) is 5.89 Å². The molecule has 0 N–H and O–H groups in total. The van der Waals surface area contributed by atoms with Crippen LogP contribution in [-0.2, 0) is 22.9 Å². The number of rotatable bonds is 8. The highest BCUT2D eigenvalue weighted by molar-refractivity contribution is 7.89. The second-order valence-corrected chi connectivity index (χ2v) is 9.75. The first-order chi connectivity index (χ1) is 13.8. The van der Waals surface area contributed by atoms with Crippen LogP contribution in [0.4, 0.5) is 0 Å². The molecule has 2 aromatic carbocycles. The van der Waals surface area contributed by atoms with Crippen LogP contribution in [0.3, 0.4) is 0 Å². The SMILES string of the molecule is Cc1ccc(-c2nc(CCN(C)S(=O)(=O)c3ccc(CC(C)C)cc3)no2)cc1. The number of benzene rings is 2. The molecule has 0 bridgehead atoms. The van der Waals surface area contributed by atoms with Crippen LogP contribution in [0, 0.1) is 12.8 Å². The van der Waals surface area contributed by atoms with Crippen molar-refractivity contribution < 1.29 is 12.9 Å². The maximum atomic E-state index is 12.8. The van der Waals surface area contributed by atoms with Gasteiger partial charge in [-0.25, -0.2) is 12.7 Å². The van der Waals surface area contributed by atoms with E-state index in [0.29, 0.717) is 28.9 Å². The molecule has 0 saturated heterocycles. The van der Waals surface area contributed by atoms with E-state index in [1.165, 1.54) is 4.31 Å². The fraction of sp³-hybridized carbons (Fsp3) is 0.364. The molecular weight excluding hydrogens is 386 g/mol. The fourth-order valence-electron chi connectivity index (χ4n) is 3.00. The van der Waals surface area contributed by atoms with Crippen LogP contribution in [0.1, 0.15) is 30.8 Å². The van der Waals surface area contributed by atoms with E-state index in [-0.39, 0.29) is 6.54 Å². The van der Waals surface area contributed by atoms with Crippen molar-refractivity contribution >= 4 is 10.0 Å². The highest BCUT2D eigenvalue weighted by Crippen LogP contribution is 2.19. The van der Waals surface area contributed by atoms with Gasteiger partial charge in [-0.3, -0.25) is 0 Å². The average molecular weight is 414 g/mol. The molecule has 0 fully saturated rings. The Labute approximate surface area is 172 Å². The van der Waals surface area contributed by atoms with Crippen molar-refractivity contribution in [1.29, 1.82) is 0 Å². The van der Waals surface area contributed by atoms with Crippen molar-refractivity contribution in [2.24, 2.45) is 5.92 Å². The van der Waals surface area contributed by atoms with Crippen molar-refractivity contribution in [2.45, 2.75) is 38.5 Å². The van der Waals surface area contributed by atoms with Gasteiger partial charge in [-0.2, -0.15) is 4.98 Å². The lowest BCUT2D eigenvalue weighted by Crippen LogP contribution is -2.29. The first-order valence-corrected chi connectivity index (χ1v) is 11.1. The number of hydrogen-bond donors (Lipinski definition) is 0. The standard InChI is InChI=1S/C22H27N3O3S/c1-16(2)15-18-7-11-20(12-8-18)29(26,27)25(4)14-13-21-23-22(28-24-21)19-9-5-17(3)6-10-19/h5-12,16H,13-15H2,1-4H3. The Bertz CT molecular complexity index is 1040. The molecule has 0 radical (unpaired) electrons. The van der Waals surface area contributed by atoms with Crippen molar-refractivity contribution in [1.82, 2.24) is 14.4 Å². The molecule has 3 rings (SSSR count). The van der Waals surface area contributed by atoms with Crippen LogP contribution in [0.5, 0.6) is 0 Å². The summed E-state index contributed by atoms with van der Waals surface area (Å²) < 4.78 is 32.2. The third-order valence-electron chi connectivity index (χ3n) is 4.69. The normalized spacial score (nSPS) is 12.1. The van der Waals surface area contributed by atoms with Gasteiger partial charge in [0.1, 0.15) is 0 Å². The predicted octanol–water partition coefficient (Wildman–Crippen LogP) is 4.11. The zero-order valence-electron chi connectivity index (χ0n) is 17.3. The maximum Gasteiger partial charge on any atom is 0.257 e. The second-order valence-electron chi connectivity index (χ2n) is 7.70. The Balaban J connectivity index is 1.64. The third-order valence-corrected chi connectivity index (χ3v) is 6.56. The highest BCUT2D eigenvalue weighted by atomic mass is 32.2. The van der Waals surface area contributed by atoms with Gasteiger partial charge in [0.05, 0.1) is 4.90 Å². The predicted molar refractivity (Wildman–Crippen MR) is 113 cm³/mol. The molecule has 0 aliphatic rings. The minimum atomic E-state index is -3.56. The number of aryl methyl sites for hydroxylation is 1. The van der Waals surface area contributed by atoms with Crippen LogP contribution < -0.4 is 0 Å². The molecule has 0 saturated carbocycles. The quantitative estimate of drug-likeness (QED) is 0.555. The molecular formula is C22H27N3O3S. The molecule has 0 spiro atoms. The highest BCUT2D eigenvalue weighted by Gasteiger charge is 2.21. The molecule has 0 aliphatic carbocycles. The lowest BCUT2D eigenvalue weighted by Gasteiger charge is -2.16. The molecule has 0 amide bonds. The van der Waals surface area contributed by atoms with Crippen molar-refractivity contribution in [3.63, 3.8) is 0 Å². The smallest absolute Gasteiger partial charge is 0.257 e. The zero-order valence-corrected chi connectivity index (χ0v) is 18.1. The summed E-state index contributed by atoms with van der Waals surface area (Å²) in [6.07, 6.45) is 1.30. The molecule has 1 aromatic heterocycles. The average Bonchev–Trinajstić information content (AvgIpc) is 3.15. The Morgan fingerprint density at radius 1 is 1.03 bits per heavy atom. The van der Waals surface area contributed by atoms with Crippen LogP contribution in [0.25, 0.3) is 11.5 Å². The van der Waals surface area contributed by atoms with Gasteiger partial charge in [0.2, 0.25) is 10.0 Å². The summed E-state index contributed by atoms with van der Waals surface area (Å²) in [6, 6.07) is 14.9. The first-order valence-electron chi connectivity index (χ1n) is 9.70. The van der Waals surface area contributed by atoms with E-state index in [1.54, 1.807) is 19.2 Å². The largest absolute Gasteiger partial charge is 0.334 e. The minimum Gasteiger partial charge on any atom is -0.334 e. The summed E-state index contributed by atoms with van der Waals surface area (Å²) in [5.74, 6) is 1.45. The lowest BCUT2D eigenvalue weighted by molar-refractivity contribution is 0.415. The van der Waals surface area contributed by atoms with E-state index in [9.17, 15) is 8.42 Å². The fourth-order valence-corrected chi connectivity index (χ4v) is 4.17. The van der Waals surface area contributed by atoms with Crippen molar-refractivity contribution in [3.8, 4) is 11.5 Å². The van der Waals surface area contributed by atoms with Gasteiger partial charge in [0.15, 0.2) is 5.82 Å². The molecule has 7 heteroatoms. The van der Waals surface area contributed by atoms with Crippen LogP contribution >= 0.6 is 0 Å². The molecule has 0 aliphatic heterocycles. The van der Waals surface area contributed by atoms with Crippen LogP contribution in [0.15, 0.2) is 57.9 Å². The number of nitrogens with zero attached hydrogens (tertiary/aromatic N) is 3. The molecule has 3 aromatic rings. The number of likely N-dealkylation sites (N-methyl/N-ethyl adjacent to an activating group) is 1. The van der Waals surface area contributed by atoms with Gasteiger partial charge in [-0.05, 0) is 49.1 Å². The van der Waals surface area contributed by atoms with Crippen molar-refractivity contribution in [2.75, 3.05) is 13.6 Å².